The van der Waals surface area contributed by atoms with Crippen LogP contribution in [-0.2, 0) is 16.1 Å². The van der Waals surface area contributed by atoms with E-state index < -0.39 is 6.04 Å². The molecule has 1 aliphatic rings. The largest absolute Gasteiger partial charge is 0.497 e. The van der Waals surface area contributed by atoms with Crippen molar-refractivity contribution in [3.8, 4) is 5.75 Å². The van der Waals surface area contributed by atoms with E-state index >= 15 is 0 Å². The van der Waals surface area contributed by atoms with Crippen LogP contribution >= 0.6 is 11.6 Å². The van der Waals surface area contributed by atoms with Gasteiger partial charge in [-0.25, -0.2) is 0 Å². The molecule has 0 unspecified atom stereocenters. The molecule has 6 heteroatoms. The third-order valence-corrected chi connectivity index (χ3v) is 5.78. The van der Waals surface area contributed by atoms with Crippen LogP contribution in [0.3, 0.4) is 0 Å². The molecular weight excluding hydrogens is 400 g/mol. The molecular formula is C24H29ClN2O3. The van der Waals surface area contributed by atoms with Gasteiger partial charge >= 0.3 is 0 Å². The highest BCUT2D eigenvalue weighted by molar-refractivity contribution is 6.27. The average molecular weight is 429 g/mol. The van der Waals surface area contributed by atoms with Crippen LogP contribution in [0.2, 0.25) is 0 Å². The molecule has 0 radical (unpaired) electrons. The summed E-state index contributed by atoms with van der Waals surface area (Å²) < 4.78 is 5.36. The second-order valence-corrected chi connectivity index (χ2v) is 7.93. The summed E-state index contributed by atoms with van der Waals surface area (Å²) in [6.45, 7) is 0.298. The van der Waals surface area contributed by atoms with Crippen molar-refractivity contribution in [3.05, 3.63) is 65.7 Å². The van der Waals surface area contributed by atoms with Gasteiger partial charge in [-0.05, 0) is 36.1 Å². The summed E-state index contributed by atoms with van der Waals surface area (Å²) in [4.78, 5) is 27.9. The Hall–Kier alpha value is -2.53. The number of benzene rings is 2. The Morgan fingerprint density at radius 3 is 2.50 bits per heavy atom. The minimum Gasteiger partial charge on any atom is -0.497 e. The van der Waals surface area contributed by atoms with Crippen LogP contribution in [0.5, 0.6) is 5.75 Å². The maximum absolute atomic E-state index is 13.5. The fourth-order valence-electron chi connectivity index (χ4n) is 3.99. The van der Waals surface area contributed by atoms with E-state index in [0.717, 1.165) is 31.2 Å². The van der Waals surface area contributed by atoms with Gasteiger partial charge in [-0.1, -0.05) is 61.7 Å². The molecule has 2 aromatic carbocycles. The molecule has 2 amide bonds. The molecule has 1 aliphatic carbocycles. The molecule has 160 valence electrons. The van der Waals surface area contributed by atoms with Gasteiger partial charge in [0.1, 0.15) is 17.7 Å². The van der Waals surface area contributed by atoms with Gasteiger partial charge in [0.15, 0.2) is 0 Å². The van der Waals surface area contributed by atoms with Crippen LogP contribution in [0.4, 0.5) is 0 Å². The lowest BCUT2D eigenvalue weighted by molar-refractivity contribution is -0.140. The minimum absolute atomic E-state index is 0.143. The maximum Gasteiger partial charge on any atom is 0.247 e. The van der Waals surface area contributed by atoms with Crippen molar-refractivity contribution in [2.75, 3.05) is 13.0 Å². The van der Waals surface area contributed by atoms with Gasteiger partial charge in [-0.3, -0.25) is 9.59 Å². The average Bonchev–Trinajstić information content (AvgIpc) is 2.79. The summed E-state index contributed by atoms with van der Waals surface area (Å²) in [5.41, 5.74) is 1.64. The van der Waals surface area contributed by atoms with Crippen molar-refractivity contribution in [1.82, 2.24) is 10.2 Å². The summed E-state index contributed by atoms with van der Waals surface area (Å²) in [6.07, 6.45) is 5.38. The molecule has 2 aromatic rings. The molecule has 0 bridgehead atoms. The molecule has 1 saturated carbocycles. The van der Waals surface area contributed by atoms with E-state index in [1.54, 1.807) is 12.0 Å². The summed E-state index contributed by atoms with van der Waals surface area (Å²) in [7, 11) is 1.59. The monoisotopic (exact) mass is 428 g/mol. The molecule has 0 heterocycles. The minimum atomic E-state index is -0.784. The predicted molar refractivity (Wildman–Crippen MR) is 118 cm³/mol. The Labute approximate surface area is 183 Å². The third-order valence-electron chi connectivity index (χ3n) is 5.55. The first kappa shape index (κ1) is 22.2. The van der Waals surface area contributed by atoms with Crippen molar-refractivity contribution in [2.45, 2.75) is 50.7 Å². The van der Waals surface area contributed by atoms with Gasteiger partial charge in [0.05, 0.1) is 7.11 Å². The first-order chi connectivity index (χ1) is 14.6. The lowest BCUT2D eigenvalue weighted by atomic mass is 9.94. The number of hydrogen-bond donors (Lipinski definition) is 1. The predicted octanol–water partition coefficient (Wildman–Crippen LogP) is 4.45. The third kappa shape index (κ3) is 5.76. The molecule has 3 rings (SSSR count). The summed E-state index contributed by atoms with van der Waals surface area (Å²) in [6, 6.07) is 16.3. The van der Waals surface area contributed by atoms with Crippen LogP contribution < -0.4 is 10.1 Å². The van der Waals surface area contributed by atoms with Crippen molar-refractivity contribution in [1.29, 1.82) is 0 Å². The van der Waals surface area contributed by atoms with Gasteiger partial charge in [-0.2, -0.15) is 0 Å². The van der Waals surface area contributed by atoms with Crippen molar-refractivity contribution in [2.24, 2.45) is 0 Å². The topological polar surface area (TPSA) is 58.6 Å². The maximum atomic E-state index is 13.5. The molecule has 5 nitrogen and oxygen atoms in total. The van der Waals surface area contributed by atoms with E-state index in [-0.39, 0.29) is 23.7 Å². The zero-order valence-corrected chi connectivity index (χ0v) is 18.1. The zero-order chi connectivity index (χ0) is 21.3. The Kier molecular flexibility index (Phi) is 8.14. The second-order valence-electron chi connectivity index (χ2n) is 7.66. The fraction of sp³-hybridized carbons (Fsp3) is 0.417. The normalized spacial score (nSPS) is 15.3. The first-order valence-corrected chi connectivity index (χ1v) is 11.0. The molecule has 0 spiro atoms. The highest BCUT2D eigenvalue weighted by Crippen LogP contribution is 2.28. The molecule has 1 fully saturated rings. The molecule has 1 N–H and O–H groups in total. The Balaban J connectivity index is 1.95. The quantitative estimate of drug-likeness (QED) is 0.632. The molecule has 1 atom stereocenters. The number of nitrogens with one attached hydrogen (secondary N) is 1. The highest BCUT2D eigenvalue weighted by Gasteiger charge is 2.32. The zero-order valence-electron chi connectivity index (χ0n) is 17.4. The number of ether oxygens (including phenoxy) is 1. The van der Waals surface area contributed by atoms with E-state index in [0.29, 0.717) is 17.9 Å². The summed E-state index contributed by atoms with van der Waals surface area (Å²) in [5.74, 6) is -0.0121. The SMILES string of the molecule is COc1cccc([C@H](C(=O)NC2CCCCC2)N(Cc2ccccc2)C(=O)CCl)c1. The van der Waals surface area contributed by atoms with Gasteiger partial charge in [0.2, 0.25) is 11.8 Å². The Morgan fingerprint density at radius 1 is 1.10 bits per heavy atom. The van der Waals surface area contributed by atoms with Crippen LogP contribution in [0.1, 0.15) is 49.3 Å². The van der Waals surface area contributed by atoms with Crippen molar-refractivity contribution < 1.29 is 14.3 Å². The number of hydrogen-bond acceptors (Lipinski definition) is 3. The summed E-state index contributed by atoms with van der Waals surface area (Å²) >= 11 is 5.95. The number of alkyl halides is 1. The molecule has 30 heavy (non-hydrogen) atoms. The van der Waals surface area contributed by atoms with E-state index in [4.69, 9.17) is 16.3 Å². The van der Waals surface area contributed by atoms with Crippen LogP contribution in [0.15, 0.2) is 54.6 Å². The lowest BCUT2D eigenvalue weighted by Crippen LogP contribution is -2.47. The van der Waals surface area contributed by atoms with E-state index in [2.05, 4.69) is 5.32 Å². The van der Waals surface area contributed by atoms with E-state index in [1.165, 1.54) is 6.42 Å². The van der Waals surface area contributed by atoms with Crippen LogP contribution in [0.25, 0.3) is 0 Å². The number of amides is 2. The van der Waals surface area contributed by atoms with E-state index in [9.17, 15) is 9.59 Å². The number of halogens is 1. The fourth-order valence-corrected chi connectivity index (χ4v) is 4.15. The van der Waals surface area contributed by atoms with Gasteiger partial charge < -0.3 is 15.0 Å². The summed E-state index contributed by atoms with van der Waals surface area (Å²) in [5, 5.41) is 3.18. The van der Waals surface area contributed by atoms with Crippen molar-refractivity contribution in [3.63, 3.8) is 0 Å². The van der Waals surface area contributed by atoms with Crippen molar-refractivity contribution >= 4 is 23.4 Å². The highest BCUT2D eigenvalue weighted by atomic mass is 35.5. The van der Waals surface area contributed by atoms with Crippen LogP contribution in [0, 0.1) is 0 Å². The van der Waals surface area contributed by atoms with Gasteiger partial charge in [-0.15, -0.1) is 11.6 Å². The standard InChI is InChI=1S/C24H29ClN2O3/c1-30-21-14-8-11-19(15-21)23(24(29)26-20-12-6-3-7-13-20)27(22(28)16-25)17-18-9-4-2-5-10-18/h2,4-5,8-11,14-15,20,23H,3,6-7,12-13,16-17H2,1H3,(H,26,29)/t23-/m1/s1. The first-order valence-electron chi connectivity index (χ1n) is 10.5. The smallest absolute Gasteiger partial charge is 0.247 e. The number of methoxy groups -OCH3 is 1. The number of carbonyl (C=O) groups is 2. The Bertz CT molecular complexity index is 837. The molecule has 0 aliphatic heterocycles. The molecule has 0 saturated heterocycles. The van der Waals surface area contributed by atoms with Gasteiger partial charge in [0.25, 0.3) is 0 Å². The number of rotatable bonds is 8. The van der Waals surface area contributed by atoms with E-state index in [1.807, 2.05) is 54.6 Å². The van der Waals surface area contributed by atoms with Gasteiger partial charge in [0, 0.05) is 12.6 Å². The van der Waals surface area contributed by atoms with Crippen LogP contribution in [-0.4, -0.2) is 35.7 Å². The Morgan fingerprint density at radius 2 is 1.83 bits per heavy atom. The number of carbonyl (C=O) groups excluding carboxylic acids is 2. The lowest BCUT2D eigenvalue weighted by Gasteiger charge is -2.33. The second kappa shape index (κ2) is 11.0. The molecule has 0 aromatic heterocycles. The number of nitrogens with zero attached hydrogens (tertiary/aromatic N) is 1.